The molecule has 0 aliphatic heterocycles. The summed E-state index contributed by atoms with van der Waals surface area (Å²) in [4.78, 5) is 0. The molecule has 1 aliphatic rings. The molecule has 140 valence electrons. The summed E-state index contributed by atoms with van der Waals surface area (Å²) in [5.74, 6) is 1.09. The Morgan fingerprint density at radius 1 is 1.11 bits per heavy atom. The number of rotatable bonds is 6. The summed E-state index contributed by atoms with van der Waals surface area (Å²) in [5.41, 5.74) is 4.26. The number of nitrogens with zero attached hydrogens (tertiary/aromatic N) is 2. The topological polar surface area (TPSA) is 29.9 Å². The van der Waals surface area contributed by atoms with E-state index in [0.717, 1.165) is 29.9 Å². The van der Waals surface area contributed by atoms with Crippen molar-refractivity contribution in [2.75, 3.05) is 6.54 Å². The Morgan fingerprint density at radius 2 is 1.96 bits per heavy atom. The molecule has 2 unspecified atom stereocenters. The van der Waals surface area contributed by atoms with Crippen molar-refractivity contribution in [2.24, 2.45) is 13.0 Å². The van der Waals surface area contributed by atoms with Gasteiger partial charge in [-0.15, -0.1) is 0 Å². The van der Waals surface area contributed by atoms with Crippen LogP contribution in [0.2, 0.25) is 0 Å². The highest BCUT2D eigenvalue weighted by Crippen LogP contribution is 2.39. The average Bonchev–Trinajstić information content (AvgIpc) is 3.29. The van der Waals surface area contributed by atoms with Crippen molar-refractivity contribution in [3.63, 3.8) is 0 Å². The minimum atomic E-state index is -0.228. The Kier molecular flexibility index (Phi) is 5.35. The minimum absolute atomic E-state index is 0.228. The van der Waals surface area contributed by atoms with Crippen molar-refractivity contribution in [1.82, 2.24) is 15.1 Å². The van der Waals surface area contributed by atoms with Crippen LogP contribution in [0, 0.1) is 11.7 Å². The summed E-state index contributed by atoms with van der Waals surface area (Å²) in [6.07, 6.45) is 5.87. The molecule has 4 heteroatoms. The van der Waals surface area contributed by atoms with Crippen LogP contribution in [0.15, 0.2) is 60.8 Å². The van der Waals surface area contributed by atoms with E-state index in [2.05, 4.69) is 40.7 Å². The number of aryl methyl sites for hydroxylation is 1. The Labute approximate surface area is 160 Å². The summed E-state index contributed by atoms with van der Waals surface area (Å²) in [7, 11) is 1.91. The molecule has 3 aromatic rings. The smallest absolute Gasteiger partial charge is 0.123 e. The number of nitrogens with one attached hydrogen (secondary N) is 1. The molecule has 4 rings (SSSR count). The SMILES string of the molecule is Cn1cc(CNCC2CCCC2c2ccccc2)c(-c2cccc(F)c2)n1. The molecule has 1 heterocycles. The standard InChI is InChI=1S/C23H26FN3/c1-27-16-20(23(26-27)18-9-5-11-21(24)13-18)15-25-14-19-10-6-12-22(19)17-7-3-2-4-8-17/h2-5,7-9,11,13,16,19,22,25H,6,10,12,14-15H2,1H3. The van der Waals surface area contributed by atoms with Crippen LogP contribution in [-0.4, -0.2) is 16.3 Å². The second-order valence-corrected chi connectivity index (χ2v) is 7.53. The summed E-state index contributed by atoms with van der Waals surface area (Å²) in [6.45, 7) is 1.74. The third kappa shape index (κ3) is 4.11. The van der Waals surface area contributed by atoms with E-state index in [-0.39, 0.29) is 5.82 Å². The largest absolute Gasteiger partial charge is 0.312 e. The van der Waals surface area contributed by atoms with E-state index in [4.69, 9.17) is 0 Å². The van der Waals surface area contributed by atoms with Crippen molar-refractivity contribution < 1.29 is 4.39 Å². The van der Waals surface area contributed by atoms with Crippen LogP contribution in [-0.2, 0) is 13.6 Å². The maximum atomic E-state index is 13.6. The van der Waals surface area contributed by atoms with E-state index >= 15 is 0 Å². The third-order valence-electron chi connectivity index (χ3n) is 5.61. The van der Waals surface area contributed by atoms with Gasteiger partial charge in [0, 0.05) is 30.9 Å². The van der Waals surface area contributed by atoms with Gasteiger partial charge in [-0.05, 0) is 48.9 Å². The number of benzene rings is 2. The maximum Gasteiger partial charge on any atom is 0.123 e. The van der Waals surface area contributed by atoms with Crippen molar-refractivity contribution >= 4 is 0 Å². The molecule has 0 saturated heterocycles. The van der Waals surface area contributed by atoms with Crippen LogP contribution >= 0.6 is 0 Å². The molecule has 1 aliphatic carbocycles. The van der Waals surface area contributed by atoms with E-state index in [0.29, 0.717) is 11.8 Å². The highest BCUT2D eigenvalue weighted by Gasteiger charge is 2.28. The normalized spacial score (nSPS) is 19.5. The molecule has 1 N–H and O–H groups in total. The van der Waals surface area contributed by atoms with Crippen molar-refractivity contribution in [3.05, 3.63) is 77.7 Å². The molecular formula is C23H26FN3. The Morgan fingerprint density at radius 3 is 2.78 bits per heavy atom. The maximum absolute atomic E-state index is 13.6. The van der Waals surface area contributed by atoms with Gasteiger partial charge in [-0.25, -0.2) is 4.39 Å². The van der Waals surface area contributed by atoms with E-state index in [1.54, 1.807) is 16.8 Å². The Bertz CT molecular complexity index is 888. The van der Waals surface area contributed by atoms with E-state index < -0.39 is 0 Å². The van der Waals surface area contributed by atoms with Crippen LogP contribution in [0.4, 0.5) is 4.39 Å². The molecule has 2 aromatic carbocycles. The first-order valence-electron chi connectivity index (χ1n) is 9.75. The molecule has 3 nitrogen and oxygen atoms in total. The lowest BCUT2D eigenvalue weighted by Crippen LogP contribution is -2.24. The molecule has 0 amide bonds. The second-order valence-electron chi connectivity index (χ2n) is 7.53. The zero-order chi connectivity index (χ0) is 18.6. The molecule has 2 atom stereocenters. The Hall–Kier alpha value is -2.46. The predicted molar refractivity (Wildman–Crippen MR) is 107 cm³/mol. The molecule has 0 bridgehead atoms. The fourth-order valence-electron chi connectivity index (χ4n) is 4.36. The molecule has 27 heavy (non-hydrogen) atoms. The van der Waals surface area contributed by atoms with Gasteiger partial charge in [0.05, 0.1) is 5.69 Å². The quantitative estimate of drug-likeness (QED) is 0.675. The van der Waals surface area contributed by atoms with Crippen molar-refractivity contribution in [1.29, 1.82) is 0 Å². The first kappa shape index (κ1) is 17.9. The molecule has 0 radical (unpaired) electrons. The monoisotopic (exact) mass is 363 g/mol. The van der Waals surface area contributed by atoms with E-state index in [9.17, 15) is 4.39 Å². The van der Waals surface area contributed by atoms with Gasteiger partial charge in [0.25, 0.3) is 0 Å². The Balaban J connectivity index is 1.42. The van der Waals surface area contributed by atoms with Gasteiger partial charge in [-0.1, -0.05) is 48.9 Å². The number of hydrogen-bond acceptors (Lipinski definition) is 2. The highest BCUT2D eigenvalue weighted by molar-refractivity contribution is 5.62. The van der Waals surface area contributed by atoms with Crippen LogP contribution in [0.5, 0.6) is 0 Å². The van der Waals surface area contributed by atoms with Crippen molar-refractivity contribution in [2.45, 2.75) is 31.7 Å². The molecule has 1 aromatic heterocycles. The van der Waals surface area contributed by atoms with Gasteiger partial charge < -0.3 is 5.32 Å². The zero-order valence-corrected chi connectivity index (χ0v) is 15.7. The lowest BCUT2D eigenvalue weighted by Gasteiger charge is -2.20. The minimum Gasteiger partial charge on any atom is -0.312 e. The number of hydrogen-bond donors (Lipinski definition) is 1. The lowest BCUT2D eigenvalue weighted by molar-refractivity contribution is 0.444. The van der Waals surface area contributed by atoms with E-state index in [1.807, 2.05) is 19.3 Å². The second kappa shape index (κ2) is 8.05. The summed E-state index contributed by atoms with van der Waals surface area (Å²) >= 11 is 0. The first-order chi connectivity index (χ1) is 13.2. The first-order valence-corrected chi connectivity index (χ1v) is 9.75. The molecule has 1 fully saturated rings. The van der Waals surface area contributed by atoms with Crippen LogP contribution in [0.1, 0.15) is 36.3 Å². The number of aromatic nitrogens is 2. The van der Waals surface area contributed by atoms with Gasteiger partial charge in [0.2, 0.25) is 0 Å². The average molecular weight is 363 g/mol. The predicted octanol–water partition coefficient (Wildman–Crippen LogP) is 4.90. The van der Waals surface area contributed by atoms with Gasteiger partial charge in [-0.3, -0.25) is 4.68 Å². The van der Waals surface area contributed by atoms with E-state index in [1.165, 1.54) is 30.9 Å². The highest BCUT2D eigenvalue weighted by atomic mass is 19.1. The summed E-state index contributed by atoms with van der Waals surface area (Å²) in [5, 5.41) is 8.18. The van der Waals surface area contributed by atoms with Gasteiger partial charge in [0.1, 0.15) is 5.82 Å². The summed E-state index contributed by atoms with van der Waals surface area (Å²) < 4.78 is 15.4. The zero-order valence-electron chi connectivity index (χ0n) is 15.7. The fourth-order valence-corrected chi connectivity index (χ4v) is 4.36. The number of halogens is 1. The molecular weight excluding hydrogens is 337 g/mol. The van der Waals surface area contributed by atoms with Crippen LogP contribution < -0.4 is 5.32 Å². The van der Waals surface area contributed by atoms with Crippen molar-refractivity contribution in [3.8, 4) is 11.3 Å². The summed E-state index contributed by atoms with van der Waals surface area (Å²) in [6, 6.07) is 17.5. The van der Waals surface area contributed by atoms with Gasteiger partial charge in [0.15, 0.2) is 0 Å². The van der Waals surface area contributed by atoms with Crippen LogP contribution in [0.25, 0.3) is 11.3 Å². The van der Waals surface area contributed by atoms with Crippen LogP contribution in [0.3, 0.4) is 0 Å². The third-order valence-corrected chi connectivity index (χ3v) is 5.61. The molecule has 0 spiro atoms. The molecule has 1 saturated carbocycles. The fraction of sp³-hybridized carbons (Fsp3) is 0.348. The van der Waals surface area contributed by atoms with Gasteiger partial charge >= 0.3 is 0 Å². The lowest BCUT2D eigenvalue weighted by atomic mass is 9.89. The van der Waals surface area contributed by atoms with Gasteiger partial charge in [-0.2, -0.15) is 5.10 Å².